The first-order valence-electron chi connectivity index (χ1n) is 14.4. The number of H-pyrrole nitrogens is 1. The van der Waals surface area contributed by atoms with E-state index in [1.807, 2.05) is 4.68 Å². The van der Waals surface area contributed by atoms with E-state index in [4.69, 9.17) is 0 Å². The van der Waals surface area contributed by atoms with Gasteiger partial charge in [-0.25, -0.2) is 4.68 Å². The number of hydrogen-bond acceptors (Lipinski definition) is 6. The van der Waals surface area contributed by atoms with Crippen molar-refractivity contribution in [1.29, 1.82) is 0 Å². The van der Waals surface area contributed by atoms with Crippen LogP contribution in [0.1, 0.15) is 77.8 Å². The summed E-state index contributed by atoms with van der Waals surface area (Å²) in [5, 5.41) is 14.3. The average molecular weight is 526 g/mol. The molecule has 204 valence electrons. The van der Waals surface area contributed by atoms with Gasteiger partial charge >= 0.3 is 0 Å². The molecule has 39 heavy (non-hydrogen) atoms. The van der Waals surface area contributed by atoms with E-state index < -0.39 is 0 Å². The minimum Gasteiger partial charge on any atom is -0.369 e. The Labute approximate surface area is 230 Å². The van der Waals surface area contributed by atoms with E-state index in [9.17, 15) is 4.79 Å². The predicted molar refractivity (Wildman–Crippen MR) is 156 cm³/mol. The van der Waals surface area contributed by atoms with Crippen molar-refractivity contribution in [3.63, 3.8) is 0 Å². The summed E-state index contributed by atoms with van der Waals surface area (Å²) in [5.41, 5.74) is 7.71. The van der Waals surface area contributed by atoms with E-state index >= 15 is 0 Å². The molecule has 3 heterocycles. The SMILES string of the molecule is Cc1ccc(C)c(N2CCN([C@H](c3cc4c(C)cc(C)cc4[nH]c3=O)c3nnnn3C3CCCCC3)CC2)c1. The lowest BCUT2D eigenvalue weighted by molar-refractivity contribution is 0.192. The summed E-state index contributed by atoms with van der Waals surface area (Å²) in [4.78, 5) is 21.8. The number of rotatable bonds is 5. The summed E-state index contributed by atoms with van der Waals surface area (Å²) in [6.07, 6.45) is 5.81. The van der Waals surface area contributed by atoms with Crippen LogP contribution in [0.25, 0.3) is 10.9 Å². The maximum absolute atomic E-state index is 13.7. The van der Waals surface area contributed by atoms with Crippen LogP contribution in [0.3, 0.4) is 0 Å². The third-order valence-electron chi connectivity index (χ3n) is 8.70. The van der Waals surface area contributed by atoms with E-state index in [2.05, 4.69) is 94.4 Å². The van der Waals surface area contributed by atoms with E-state index in [0.29, 0.717) is 0 Å². The van der Waals surface area contributed by atoms with Crippen LogP contribution >= 0.6 is 0 Å². The van der Waals surface area contributed by atoms with Crippen molar-refractivity contribution in [2.24, 2.45) is 0 Å². The molecule has 0 radical (unpaired) electrons. The quantitative estimate of drug-likeness (QED) is 0.387. The van der Waals surface area contributed by atoms with Gasteiger partial charge in [-0.05, 0) is 91.4 Å². The second-order valence-corrected chi connectivity index (χ2v) is 11.6. The van der Waals surface area contributed by atoms with Gasteiger partial charge in [0.2, 0.25) is 0 Å². The predicted octanol–water partition coefficient (Wildman–Crippen LogP) is 5.17. The molecule has 2 fully saturated rings. The number of tetrazole rings is 1. The van der Waals surface area contributed by atoms with E-state index in [1.54, 1.807) is 0 Å². The van der Waals surface area contributed by atoms with Gasteiger partial charge in [0.25, 0.3) is 5.56 Å². The third-order valence-corrected chi connectivity index (χ3v) is 8.70. The van der Waals surface area contributed by atoms with Gasteiger partial charge in [0.05, 0.1) is 6.04 Å². The fourth-order valence-corrected chi connectivity index (χ4v) is 6.64. The highest BCUT2D eigenvalue weighted by atomic mass is 16.1. The van der Waals surface area contributed by atoms with Crippen LogP contribution in [0, 0.1) is 27.7 Å². The fraction of sp³-hybridized carbons (Fsp3) is 0.484. The normalized spacial score (nSPS) is 18.1. The van der Waals surface area contributed by atoms with Gasteiger partial charge in [0.15, 0.2) is 5.82 Å². The number of piperazine rings is 1. The summed E-state index contributed by atoms with van der Waals surface area (Å²) < 4.78 is 2.03. The highest BCUT2D eigenvalue weighted by Crippen LogP contribution is 2.34. The maximum atomic E-state index is 13.7. The Bertz CT molecular complexity index is 1540. The maximum Gasteiger partial charge on any atom is 0.253 e. The van der Waals surface area contributed by atoms with Crippen LogP contribution in [0.2, 0.25) is 0 Å². The van der Waals surface area contributed by atoms with Crippen LogP contribution in [0.15, 0.2) is 41.2 Å². The van der Waals surface area contributed by atoms with Crippen molar-refractivity contribution in [1.82, 2.24) is 30.1 Å². The first kappa shape index (κ1) is 25.7. The van der Waals surface area contributed by atoms with Gasteiger partial charge in [-0.15, -0.1) is 5.10 Å². The Kier molecular flexibility index (Phi) is 6.97. The monoisotopic (exact) mass is 525 g/mol. The molecule has 1 saturated heterocycles. The molecule has 1 atom stereocenters. The lowest BCUT2D eigenvalue weighted by atomic mass is 9.94. The number of aromatic amines is 1. The minimum absolute atomic E-state index is 0.0624. The molecule has 0 bridgehead atoms. The molecule has 4 aromatic rings. The molecule has 2 aromatic carbocycles. The molecule has 0 spiro atoms. The molecule has 1 aliphatic carbocycles. The molecular weight excluding hydrogens is 486 g/mol. The second-order valence-electron chi connectivity index (χ2n) is 11.6. The number of nitrogens with one attached hydrogen (secondary N) is 1. The molecule has 2 aliphatic rings. The molecular formula is C31H39N7O. The second kappa shape index (κ2) is 10.6. The zero-order valence-electron chi connectivity index (χ0n) is 23.6. The Balaban J connectivity index is 1.40. The van der Waals surface area contributed by atoms with Crippen LogP contribution in [0.5, 0.6) is 0 Å². The number of nitrogens with zero attached hydrogens (tertiary/aromatic N) is 6. The molecule has 1 aliphatic heterocycles. The van der Waals surface area contributed by atoms with E-state index in [-0.39, 0.29) is 17.6 Å². The summed E-state index contributed by atoms with van der Waals surface area (Å²) in [6, 6.07) is 13.0. The van der Waals surface area contributed by atoms with Crippen molar-refractivity contribution in [3.8, 4) is 0 Å². The van der Waals surface area contributed by atoms with Crippen LogP contribution < -0.4 is 10.5 Å². The number of pyridine rings is 1. The van der Waals surface area contributed by atoms with Gasteiger partial charge in [-0.3, -0.25) is 9.69 Å². The lowest BCUT2D eigenvalue weighted by Gasteiger charge is -2.40. The molecule has 2 aromatic heterocycles. The van der Waals surface area contributed by atoms with E-state index in [0.717, 1.165) is 72.4 Å². The number of anilines is 1. The van der Waals surface area contributed by atoms with Gasteiger partial charge < -0.3 is 9.88 Å². The van der Waals surface area contributed by atoms with Crippen molar-refractivity contribution in [2.75, 3.05) is 31.1 Å². The Morgan fingerprint density at radius 1 is 0.872 bits per heavy atom. The summed E-state index contributed by atoms with van der Waals surface area (Å²) >= 11 is 0. The van der Waals surface area contributed by atoms with Gasteiger partial charge in [-0.2, -0.15) is 0 Å². The van der Waals surface area contributed by atoms with Crippen molar-refractivity contribution >= 4 is 16.6 Å². The smallest absolute Gasteiger partial charge is 0.253 e. The van der Waals surface area contributed by atoms with Crippen molar-refractivity contribution in [2.45, 2.75) is 71.9 Å². The van der Waals surface area contributed by atoms with E-state index in [1.165, 1.54) is 36.1 Å². The van der Waals surface area contributed by atoms with Crippen molar-refractivity contribution < 1.29 is 0 Å². The molecule has 8 heteroatoms. The number of hydrogen-bond donors (Lipinski definition) is 1. The number of fused-ring (bicyclic) bond motifs is 1. The highest BCUT2D eigenvalue weighted by Gasteiger charge is 2.34. The van der Waals surface area contributed by atoms with Crippen LogP contribution in [0.4, 0.5) is 5.69 Å². The summed E-state index contributed by atoms with van der Waals surface area (Å²) in [6.45, 7) is 11.9. The summed E-state index contributed by atoms with van der Waals surface area (Å²) in [7, 11) is 0. The molecule has 1 saturated carbocycles. The molecule has 0 amide bonds. The largest absolute Gasteiger partial charge is 0.369 e. The number of benzene rings is 2. The van der Waals surface area contributed by atoms with Gasteiger partial charge in [0.1, 0.15) is 6.04 Å². The highest BCUT2D eigenvalue weighted by molar-refractivity contribution is 5.83. The lowest BCUT2D eigenvalue weighted by Crippen LogP contribution is -2.49. The molecule has 8 nitrogen and oxygen atoms in total. The fourth-order valence-electron chi connectivity index (χ4n) is 6.64. The van der Waals surface area contributed by atoms with Crippen molar-refractivity contribution in [3.05, 3.63) is 80.4 Å². The zero-order chi connectivity index (χ0) is 27.1. The average Bonchev–Trinajstić information content (AvgIpc) is 3.41. The number of aromatic nitrogens is 5. The minimum atomic E-state index is -0.309. The standard InChI is InChI=1S/C31H39N7O/c1-20-10-11-22(3)28(18-20)36-12-14-37(15-13-36)29(30-33-34-35-38(30)24-8-6-5-7-9-24)26-19-25-23(4)16-21(2)17-27(25)32-31(26)39/h10-11,16-19,24,29H,5-9,12-15H2,1-4H3,(H,32,39)/t29-/m1/s1. The molecule has 6 rings (SSSR count). The van der Waals surface area contributed by atoms with Crippen LogP contribution in [-0.4, -0.2) is 56.3 Å². The van der Waals surface area contributed by atoms with Gasteiger partial charge in [0, 0.05) is 48.3 Å². The summed E-state index contributed by atoms with van der Waals surface area (Å²) in [5.74, 6) is 0.789. The Morgan fingerprint density at radius 2 is 1.64 bits per heavy atom. The Morgan fingerprint density at radius 3 is 2.41 bits per heavy atom. The Hall–Kier alpha value is -3.52. The van der Waals surface area contributed by atoms with Gasteiger partial charge in [-0.1, -0.05) is 37.5 Å². The van der Waals surface area contributed by atoms with Crippen LogP contribution in [-0.2, 0) is 0 Å². The molecule has 0 unspecified atom stereocenters. The molecule has 1 N–H and O–H groups in total. The topological polar surface area (TPSA) is 82.9 Å². The first-order chi connectivity index (χ1) is 18.9. The first-order valence-corrected chi connectivity index (χ1v) is 14.4. The number of aryl methyl sites for hydroxylation is 4. The third kappa shape index (κ3) is 4.98. The zero-order valence-corrected chi connectivity index (χ0v) is 23.6.